The number of ether oxygens (including phenoxy) is 3. The average molecular weight is 407 g/mol. The number of aromatic nitrogens is 2. The van der Waals surface area contributed by atoms with Crippen molar-refractivity contribution in [2.45, 2.75) is 51.7 Å². The summed E-state index contributed by atoms with van der Waals surface area (Å²) in [5.41, 5.74) is 4.98. The van der Waals surface area contributed by atoms with E-state index in [9.17, 15) is 0 Å². The summed E-state index contributed by atoms with van der Waals surface area (Å²) in [5.74, 6) is -0.663. The second kappa shape index (κ2) is 9.56. The van der Waals surface area contributed by atoms with E-state index >= 15 is 0 Å². The van der Waals surface area contributed by atoms with Crippen molar-refractivity contribution in [3.63, 3.8) is 0 Å². The van der Waals surface area contributed by atoms with Gasteiger partial charge in [-0.25, -0.2) is 4.98 Å². The average Bonchev–Trinajstić information content (AvgIpc) is 3.40. The van der Waals surface area contributed by atoms with E-state index in [1.54, 1.807) is 6.20 Å². The highest BCUT2D eigenvalue weighted by atomic mass is 16.8. The number of hydrogen-bond acceptors (Lipinski definition) is 4. The van der Waals surface area contributed by atoms with Crippen LogP contribution in [0.4, 0.5) is 0 Å². The SMILES string of the molecule is Cc1ccc(CCC2(Cn3ccnc3)OCC(COCc3ccc(C)cc3)O2)cc1. The van der Waals surface area contributed by atoms with Crippen molar-refractivity contribution < 1.29 is 14.2 Å². The lowest BCUT2D eigenvalue weighted by molar-refractivity contribution is -0.187. The maximum atomic E-state index is 6.43. The Bertz CT molecular complexity index is 907. The van der Waals surface area contributed by atoms with Crippen molar-refractivity contribution in [3.05, 3.63) is 89.5 Å². The van der Waals surface area contributed by atoms with E-state index in [0.29, 0.717) is 26.4 Å². The maximum absolute atomic E-state index is 6.43. The van der Waals surface area contributed by atoms with Gasteiger partial charge in [-0.1, -0.05) is 59.7 Å². The lowest BCUT2D eigenvalue weighted by Gasteiger charge is -2.28. The van der Waals surface area contributed by atoms with Gasteiger partial charge < -0.3 is 18.8 Å². The molecule has 2 aromatic carbocycles. The third kappa shape index (κ3) is 5.57. The molecule has 4 rings (SSSR count). The number of nitrogens with zero attached hydrogens (tertiary/aromatic N) is 2. The van der Waals surface area contributed by atoms with Crippen molar-refractivity contribution in [2.24, 2.45) is 0 Å². The van der Waals surface area contributed by atoms with Gasteiger partial charge in [-0.2, -0.15) is 0 Å². The minimum atomic E-state index is -0.663. The molecule has 0 amide bonds. The summed E-state index contributed by atoms with van der Waals surface area (Å²) in [6.07, 6.45) is 7.14. The maximum Gasteiger partial charge on any atom is 0.187 e. The van der Waals surface area contributed by atoms with Crippen LogP contribution >= 0.6 is 0 Å². The third-order valence-electron chi connectivity index (χ3n) is 5.50. The largest absolute Gasteiger partial charge is 0.374 e. The molecule has 3 aromatic rings. The van der Waals surface area contributed by atoms with E-state index in [2.05, 4.69) is 67.4 Å². The summed E-state index contributed by atoms with van der Waals surface area (Å²) >= 11 is 0. The van der Waals surface area contributed by atoms with Gasteiger partial charge in [0.05, 0.1) is 32.7 Å². The van der Waals surface area contributed by atoms with Crippen LogP contribution in [0.15, 0.2) is 67.3 Å². The van der Waals surface area contributed by atoms with Gasteiger partial charge in [0.1, 0.15) is 6.10 Å². The van der Waals surface area contributed by atoms with Crippen LogP contribution in [0.2, 0.25) is 0 Å². The predicted octanol–water partition coefficient (Wildman–Crippen LogP) is 4.46. The first-order valence-electron chi connectivity index (χ1n) is 10.6. The minimum absolute atomic E-state index is 0.0722. The number of rotatable bonds is 9. The molecule has 5 nitrogen and oxygen atoms in total. The molecule has 1 saturated heterocycles. The Morgan fingerprint density at radius 2 is 1.73 bits per heavy atom. The van der Waals surface area contributed by atoms with Gasteiger partial charge in [0, 0.05) is 18.8 Å². The molecule has 0 spiro atoms. The second-order valence-electron chi connectivity index (χ2n) is 8.18. The number of aryl methyl sites for hydroxylation is 3. The summed E-state index contributed by atoms with van der Waals surface area (Å²) in [6, 6.07) is 17.1. The van der Waals surface area contributed by atoms with Crippen molar-refractivity contribution in [1.82, 2.24) is 9.55 Å². The van der Waals surface area contributed by atoms with Crippen LogP contribution in [0, 0.1) is 13.8 Å². The predicted molar refractivity (Wildman–Crippen MR) is 116 cm³/mol. The van der Waals surface area contributed by atoms with Crippen LogP contribution < -0.4 is 0 Å². The molecule has 0 N–H and O–H groups in total. The summed E-state index contributed by atoms with van der Waals surface area (Å²) in [7, 11) is 0. The Kier molecular flexibility index (Phi) is 6.62. The summed E-state index contributed by atoms with van der Waals surface area (Å²) < 4.78 is 20.6. The first-order chi connectivity index (χ1) is 14.6. The molecule has 0 aliphatic carbocycles. The van der Waals surface area contributed by atoms with E-state index in [0.717, 1.165) is 12.8 Å². The molecule has 1 aromatic heterocycles. The molecule has 1 aliphatic heterocycles. The van der Waals surface area contributed by atoms with Crippen molar-refractivity contribution in [1.29, 1.82) is 0 Å². The lowest BCUT2D eigenvalue weighted by atomic mass is 10.0. The van der Waals surface area contributed by atoms with Gasteiger partial charge in [-0.15, -0.1) is 0 Å². The molecule has 5 heteroatoms. The van der Waals surface area contributed by atoms with Gasteiger partial charge in [0.25, 0.3) is 0 Å². The standard InChI is InChI=1S/C25H30N2O3/c1-20-3-7-22(8-4-20)11-12-25(18-27-14-13-26-19-27)29-17-24(30-25)16-28-15-23-9-5-21(2)6-10-23/h3-10,13-14,19,24H,11-12,15-18H2,1-2H3. The van der Waals surface area contributed by atoms with E-state index in [4.69, 9.17) is 14.2 Å². The lowest BCUT2D eigenvalue weighted by Crippen LogP contribution is -2.37. The molecule has 1 fully saturated rings. The molecule has 2 atom stereocenters. The quantitative estimate of drug-likeness (QED) is 0.526. The highest BCUT2D eigenvalue weighted by molar-refractivity contribution is 5.22. The topological polar surface area (TPSA) is 45.5 Å². The fourth-order valence-corrected chi connectivity index (χ4v) is 3.73. The molecule has 2 heterocycles. The first-order valence-corrected chi connectivity index (χ1v) is 10.6. The molecule has 0 radical (unpaired) electrons. The summed E-state index contributed by atoms with van der Waals surface area (Å²) in [5, 5.41) is 0. The van der Waals surface area contributed by atoms with E-state index in [1.165, 1.54) is 22.3 Å². The van der Waals surface area contributed by atoms with Crippen LogP contribution in [0.25, 0.3) is 0 Å². The summed E-state index contributed by atoms with van der Waals surface area (Å²) in [4.78, 5) is 4.16. The Labute approximate surface area is 178 Å². The molecule has 158 valence electrons. The molecule has 1 aliphatic rings. The van der Waals surface area contributed by atoms with E-state index < -0.39 is 5.79 Å². The van der Waals surface area contributed by atoms with Crippen LogP contribution in [0.1, 0.15) is 28.7 Å². The molecule has 30 heavy (non-hydrogen) atoms. The number of hydrogen-bond donors (Lipinski definition) is 0. The number of imidazole rings is 1. The number of benzene rings is 2. The van der Waals surface area contributed by atoms with Gasteiger partial charge in [0.15, 0.2) is 5.79 Å². The second-order valence-corrected chi connectivity index (χ2v) is 8.18. The molecule has 2 unspecified atom stereocenters. The Morgan fingerprint density at radius 1 is 1.03 bits per heavy atom. The smallest absolute Gasteiger partial charge is 0.187 e. The van der Waals surface area contributed by atoms with Gasteiger partial charge in [-0.05, 0) is 31.4 Å². The van der Waals surface area contributed by atoms with Crippen molar-refractivity contribution >= 4 is 0 Å². The Morgan fingerprint density at radius 3 is 2.40 bits per heavy atom. The molecule has 0 bridgehead atoms. The third-order valence-corrected chi connectivity index (χ3v) is 5.50. The van der Waals surface area contributed by atoms with Crippen LogP contribution in [0.3, 0.4) is 0 Å². The van der Waals surface area contributed by atoms with Crippen molar-refractivity contribution in [2.75, 3.05) is 13.2 Å². The van der Waals surface area contributed by atoms with Gasteiger partial charge in [0.2, 0.25) is 0 Å². The van der Waals surface area contributed by atoms with Crippen molar-refractivity contribution in [3.8, 4) is 0 Å². The summed E-state index contributed by atoms with van der Waals surface area (Å²) in [6.45, 7) is 6.45. The zero-order valence-electron chi connectivity index (χ0n) is 17.8. The normalized spacial score (nSPS) is 21.2. The fourth-order valence-electron chi connectivity index (χ4n) is 3.73. The first kappa shape index (κ1) is 20.8. The van der Waals surface area contributed by atoms with E-state index in [1.807, 2.05) is 17.1 Å². The van der Waals surface area contributed by atoms with Crippen LogP contribution in [0.5, 0.6) is 0 Å². The highest BCUT2D eigenvalue weighted by Crippen LogP contribution is 2.31. The Hall–Kier alpha value is -2.47. The highest BCUT2D eigenvalue weighted by Gasteiger charge is 2.41. The monoisotopic (exact) mass is 406 g/mol. The van der Waals surface area contributed by atoms with Crippen LogP contribution in [-0.2, 0) is 33.8 Å². The zero-order chi connectivity index (χ0) is 20.8. The molecular weight excluding hydrogens is 376 g/mol. The van der Waals surface area contributed by atoms with Gasteiger partial charge >= 0.3 is 0 Å². The molecule has 0 saturated carbocycles. The van der Waals surface area contributed by atoms with Crippen LogP contribution in [-0.4, -0.2) is 34.7 Å². The zero-order valence-corrected chi connectivity index (χ0v) is 17.8. The molecular formula is C25H30N2O3. The fraction of sp³-hybridized carbons (Fsp3) is 0.400. The minimum Gasteiger partial charge on any atom is -0.374 e. The van der Waals surface area contributed by atoms with E-state index in [-0.39, 0.29) is 6.10 Å². The Balaban J connectivity index is 1.35. The van der Waals surface area contributed by atoms with Gasteiger partial charge in [-0.3, -0.25) is 0 Å².